The van der Waals surface area contributed by atoms with E-state index in [9.17, 15) is 9.59 Å². The quantitative estimate of drug-likeness (QED) is 0.248. The van der Waals surface area contributed by atoms with Crippen LogP contribution < -0.4 is 11.1 Å². The number of rotatable bonds is 3. The normalized spacial score (nSPS) is 11.3. The van der Waals surface area contributed by atoms with Gasteiger partial charge in [-0.15, -0.1) is 0 Å². The average molecular weight is 535 g/mol. The molecule has 0 aliphatic carbocycles. The first-order valence-corrected chi connectivity index (χ1v) is 12.8. The van der Waals surface area contributed by atoms with E-state index in [0.717, 1.165) is 22.3 Å². The summed E-state index contributed by atoms with van der Waals surface area (Å²) in [4.78, 5) is 33.5. The van der Waals surface area contributed by atoms with Gasteiger partial charge in [0.1, 0.15) is 0 Å². The van der Waals surface area contributed by atoms with Gasteiger partial charge in [-0.05, 0) is 97.9 Å². The Bertz CT molecular complexity index is 1960. The first-order chi connectivity index (χ1) is 18.3. The molecular formula is C30H22N4O2S2. The van der Waals surface area contributed by atoms with Gasteiger partial charge in [-0.2, -0.15) is 0 Å². The van der Waals surface area contributed by atoms with Crippen LogP contribution in [0, 0.1) is 23.4 Å². The molecule has 8 heteroatoms. The van der Waals surface area contributed by atoms with Gasteiger partial charge >= 0.3 is 0 Å². The summed E-state index contributed by atoms with van der Waals surface area (Å²) in [7, 11) is 0. The van der Waals surface area contributed by atoms with Crippen LogP contribution in [0.1, 0.15) is 11.1 Å². The van der Waals surface area contributed by atoms with Crippen molar-refractivity contribution in [2.45, 2.75) is 13.8 Å². The maximum atomic E-state index is 13.6. The molecule has 6 nitrogen and oxygen atoms in total. The molecule has 0 aliphatic heterocycles. The van der Waals surface area contributed by atoms with Gasteiger partial charge in [-0.3, -0.25) is 18.7 Å². The number of nitrogens with zero attached hydrogens (tertiary/aromatic N) is 2. The molecule has 2 aromatic heterocycles. The van der Waals surface area contributed by atoms with Gasteiger partial charge in [-0.1, -0.05) is 47.5 Å². The van der Waals surface area contributed by atoms with Gasteiger partial charge in [0.2, 0.25) is 0 Å². The van der Waals surface area contributed by atoms with Crippen LogP contribution in [-0.2, 0) is 0 Å². The molecule has 0 amide bonds. The van der Waals surface area contributed by atoms with Gasteiger partial charge in [0.05, 0.1) is 33.2 Å². The fourth-order valence-electron chi connectivity index (χ4n) is 4.64. The third-order valence-electron chi connectivity index (χ3n) is 6.71. The van der Waals surface area contributed by atoms with Gasteiger partial charge < -0.3 is 9.97 Å². The molecule has 0 spiro atoms. The van der Waals surface area contributed by atoms with E-state index in [1.165, 1.54) is 9.13 Å². The van der Waals surface area contributed by atoms with Gasteiger partial charge in [-0.25, -0.2) is 0 Å². The number of aromatic nitrogens is 4. The molecule has 0 saturated heterocycles. The lowest BCUT2D eigenvalue weighted by Crippen LogP contribution is -2.20. The fraction of sp³-hybridized carbons (Fsp3) is 0.0667. The highest BCUT2D eigenvalue weighted by Gasteiger charge is 2.12. The summed E-state index contributed by atoms with van der Waals surface area (Å²) in [5.41, 5.74) is 6.09. The van der Waals surface area contributed by atoms with Crippen molar-refractivity contribution in [1.29, 1.82) is 0 Å². The highest BCUT2D eigenvalue weighted by Crippen LogP contribution is 2.25. The molecule has 0 atom stereocenters. The number of H-pyrrole nitrogens is 2. The Kier molecular flexibility index (Phi) is 5.78. The van der Waals surface area contributed by atoms with E-state index in [4.69, 9.17) is 24.4 Å². The first-order valence-electron chi connectivity index (χ1n) is 12.0. The first kappa shape index (κ1) is 24.0. The molecule has 2 heterocycles. The zero-order valence-electron chi connectivity index (χ0n) is 20.6. The monoisotopic (exact) mass is 534 g/mol. The lowest BCUT2D eigenvalue weighted by Gasteiger charge is -2.11. The minimum atomic E-state index is -0.207. The lowest BCUT2D eigenvalue weighted by molar-refractivity contribution is 0.939. The van der Waals surface area contributed by atoms with E-state index in [1.807, 2.05) is 98.8 Å². The largest absolute Gasteiger partial charge is 0.331 e. The number of hydrogen-bond acceptors (Lipinski definition) is 4. The van der Waals surface area contributed by atoms with Crippen molar-refractivity contribution in [3.05, 3.63) is 126 Å². The predicted molar refractivity (Wildman–Crippen MR) is 158 cm³/mol. The van der Waals surface area contributed by atoms with Crippen molar-refractivity contribution in [1.82, 2.24) is 19.1 Å². The van der Waals surface area contributed by atoms with Crippen LogP contribution in [-0.4, -0.2) is 19.1 Å². The van der Waals surface area contributed by atoms with Crippen LogP contribution in [0.15, 0.2) is 94.5 Å². The summed E-state index contributed by atoms with van der Waals surface area (Å²) in [6.07, 6.45) is 0. The Morgan fingerprint density at radius 1 is 0.553 bits per heavy atom. The summed E-state index contributed by atoms with van der Waals surface area (Å²) in [5.74, 6) is 0. The van der Waals surface area contributed by atoms with Crippen molar-refractivity contribution >= 4 is 46.2 Å². The van der Waals surface area contributed by atoms with Gasteiger partial charge in [0.15, 0.2) is 9.54 Å². The molecule has 186 valence electrons. The van der Waals surface area contributed by atoms with E-state index in [1.54, 1.807) is 0 Å². The zero-order chi connectivity index (χ0) is 26.6. The van der Waals surface area contributed by atoms with Crippen LogP contribution in [0.25, 0.3) is 44.3 Å². The Balaban J connectivity index is 1.53. The third kappa shape index (κ3) is 4.04. The minimum Gasteiger partial charge on any atom is -0.331 e. The second-order valence-corrected chi connectivity index (χ2v) is 10.1. The number of nitrogens with one attached hydrogen (secondary N) is 2. The SMILES string of the molecule is Cc1ccc(-n2c(=S)[nH]c3ccc(-c4ccc5[nH]c(=S)n(-c6ccc(C)cc6)c(=O)c5c4)cc3c2=O)cc1. The molecule has 6 rings (SSSR count). The maximum absolute atomic E-state index is 13.6. The Morgan fingerprint density at radius 2 is 0.921 bits per heavy atom. The summed E-state index contributed by atoms with van der Waals surface area (Å²) in [5, 5.41) is 1.00. The van der Waals surface area contributed by atoms with Crippen molar-refractivity contribution in [3.63, 3.8) is 0 Å². The summed E-state index contributed by atoms with van der Waals surface area (Å²) in [6, 6.07) is 26.5. The second-order valence-electron chi connectivity index (χ2n) is 9.33. The van der Waals surface area contributed by atoms with Crippen LogP contribution in [0.3, 0.4) is 0 Å². The number of aromatic amines is 2. The lowest BCUT2D eigenvalue weighted by atomic mass is 10.0. The highest BCUT2D eigenvalue weighted by molar-refractivity contribution is 7.71. The van der Waals surface area contributed by atoms with E-state index >= 15 is 0 Å². The van der Waals surface area contributed by atoms with E-state index in [-0.39, 0.29) is 11.1 Å². The standard InChI is InChI=1S/C30H22N4O2S2/c1-17-3-9-21(10-4-17)33-27(35)23-15-19(7-13-25(23)31-29(33)37)20-8-14-26-24(16-20)28(36)34(30(38)32-26)22-11-5-18(2)6-12-22/h3-16H,1-2H3,(H,31,37)(H,32,38). The molecule has 38 heavy (non-hydrogen) atoms. The Hall–Kier alpha value is -4.40. The maximum Gasteiger partial charge on any atom is 0.266 e. The third-order valence-corrected chi connectivity index (χ3v) is 7.28. The molecule has 0 aliphatic rings. The van der Waals surface area contributed by atoms with E-state index < -0.39 is 0 Å². The van der Waals surface area contributed by atoms with Crippen LogP contribution in [0.2, 0.25) is 0 Å². The molecular weight excluding hydrogens is 512 g/mol. The van der Waals surface area contributed by atoms with E-state index in [0.29, 0.717) is 42.7 Å². The fourth-order valence-corrected chi connectivity index (χ4v) is 5.24. The molecule has 0 fully saturated rings. The number of benzene rings is 4. The smallest absolute Gasteiger partial charge is 0.266 e. The number of hydrogen-bond donors (Lipinski definition) is 2. The average Bonchev–Trinajstić information content (AvgIpc) is 2.90. The topological polar surface area (TPSA) is 75.6 Å². The molecule has 0 unspecified atom stereocenters. The Labute approximate surface area is 227 Å². The minimum absolute atomic E-state index is 0.207. The molecule has 0 bridgehead atoms. The number of fused-ring (bicyclic) bond motifs is 2. The summed E-state index contributed by atoms with van der Waals surface area (Å²) in [6.45, 7) is 3.98. The molecule has 0 saturated carbocycles. The predicted octanol–water partition coefficient (Wildman–Crippen LogP) is 6.69. The van der Waals surface area contributed by atoms with Crippen molar-refractivity contribution in [3.8, 4) is 22.5 Å². The van der Waals surface area contributed by atoms with Crippen molar-refractivity contribution < 1.29 is 0 Å². The van der Waals surface area contributed by atoms with Crippen molar-refractivity contribution in [2.75, 3.05) is 0 Å². The van der Waals surface area contributed by atoms with Gasteiger partial charge in [0, 0.05) is 0 Å². The van der Waals surface area contributed by atoms with Crippen molar-refractivity contribution in [2.24, 2.45) is 0 Å². The zero-order valence-corrected chi connectivity index (χ0v) is 22.2. The van der Waals surface area contributed by atoms with Crippen LogP contribution in [0.5, 0.6) is 0 Å². The summed E-state index contributed by atoms with van der Waals surface area (Å²) < 4.78 is 3.66. The Morgan fingerprint density at radius 3 is 1.29 bits per heavy atom. The highest BCUT2D eigenvalue weighted by atomic mass is 32.1. The van der Waals surface area contributed by atoms with Gasteiger partial charge in [0.25, 0.3) is 11.1 Å². The molecule has 4 aromatic carbocycles. The molecule has 2 N–H and O–H groups in total. The molecule has 0 radical (unpaired) electrons. The van der Waals surface area contributed by atoms with E-state index in [2.05, 4.69) is 9.97 Å². The second kappa shape index (κ2) is 9.16. The molecule has 6 aromatic rings. The van der Waals surface area contributed by atoms with Crippen LogP contribution >= 0.6 is 24.4 Å². The number of aryl methyl sites for hydroxylation is 2. The summed E-state index contributed by atoms with van der Waals surface area (Å²) >= 11 is 11.0. The van der Waals surface area contributed by atoms with Crippen LogP contribution in [0.4, 0.5) is 0 Å².